The number of rotatable bonds is 4. The number of nitro groups is 1. The molecule has 7 heteroatoms. The van der Waals surface area contributed by atoms with Gasteiger partial charge >= 0.3 is 0 Å². The SMILES string of the molecule is Cc1ccc(Cn2cc([N+](=O)[O-])cc(C(N)=O)c2=O)cc1. The zero-order valence-electron chi connectivity index (χ0n) is 11.3. The number of aryl methyl sites for hydroxylation is 1. The van der Waals surface area contributed by atoms with Gasteiger partial charge in [-0.2, -0.15) is 0 Å². The molecular formula is C14H13N3O4. The van der Waals surface area contributed by atoms with E-state index in [2.05, 4.69) is 0 Å². The highest BCUT2D eigenvalue weighted by atomic mass is 16.6. The Morgan fingerprint density at radius 1 is 1.33 bits per heavy atom. The van der Waals surface area contributed by atoms with E-state index in [-0.39, 0.29) is 12.2 Å². The minimum atomic E-state index is -0.985. The molecule has 0 radical (unpaired) electrons. The van der Waals surface area contributed by atoms with E-state index in [0.29, 0.717) is 0 Å². The maximum Gasteiger partial charge on any atom is 0.286 e. The lowest BCUT2D eigenvalue weighted by Crippen LogP contribution is -2.30. The molecule has 0 aliphatic rings. The lowest BCUT2D eigenvalue weighted by atomic mass is 10.1. The minimum Gasteiger partial charge on any atom is -0.365 e. The van der Waals surface area contributed by atoms with Gasteiger partial charge in [0.2, 0.25) is 0 Å². The van der Waals surface area contributed by atoms with E-state index in [9.17, 15) is 19.7 Å². The summed E-state index contributed by atoms with van der Waals surface area (Å²) in [6, 6.07) is 8.25. The van der Waals surface area contributed by atoms with Gasteiger partial charge in [0.05, 0.1) is 17.7 Å². The molecule has 21 heavy (non-hydrogen) atoms. The van der Waals surface area contributed by atoms with E-state index in [4.69, 9.17) is 5.73 Å². The first-order valence-electron chi connectivity index (χ1n) is 6.12. The fraction of sp³-hybridized carbons (Fsp3) is 0.143. The number of aromatic nitrogens is 1. The van der Waals surface area contributed by atoms with Crippen LogP contribution >= 0.6 is 0 Å². The number of hydrogen-bond donors (Lipinski definition) is 1. The van der Waals surface area contributed by atoms with E-state index >= 15 is 0 Å². The molecule has 0 saturated carbocycles. The quantitative estimate of drug-likeness (QED) is 0.673. The van der Waals surface area contributed by atoms with Crippen molar-refractivity contribution in [3.8, 4) is 0 Å². The van der Waals surface area contributed by atoms with Gasteiger partial charge in [-0.3, -0.25) is 19.7 Å². The first kappa shape index (κ1) is 14.4. The molecule has 2 N–H and O–H groups in total. The molecule has 1 aromatic heterocycles. The van der Waals surface area contributed by atoms with Gasteiger partial charge < -0.3 is 10.3 Å². The maximum absolute atomic E-state index is 12.1. The number of nitrogens with two attached hydrogens (primary N) is 1. The van der Waals surface area contributed by atoms with Gasteiger partial charge in [-0.05, 0) is 12.5 Å². The van der Waals surface area contributed by atoms with Crippen LogP contribution in [0.3, 0.4) is 0 Å². The summed E-state index contributed by atoms with van der Waals surface area (Å²) in [6.07, 6.45) is 1.11. The first-order valence-corrected chi connectivity index (χ1v) is 6.12. The summed E-state index contributed by atoms with van der Waals surface area (Å²) in [5, 5.41) is 10.9. The van der Waals surface area contributed by atoms with Gasteiger partial charge in [-0.1, -0.05) is 29.8 Å². The highest BCUT2D eigenvalue weighted by Gasteiger charge is 2.17. The normalized spacial score (nSPS) is 10.3. The summed E-state index contributed by atoms with van der Waals surface area (Å²) in [5.41, 5.74) is 5.55. The molecule has 1 aromatic carbocycles. The summed E-state index contributed by atoms with van der Waals surface area (Å²) in [5.74, 6) is -0.985. The summed E-state index contributed by atoms with van der Waals surface area (Å²) < 4.78 is 1.11. The zero-order chi connectivity index (χ0) is 15.6. The number of hydrogen-bond acceptors (Lipinski definition) is 4. The number of amides is 1. The van der Waals surface area contributed by atoms with Crippen LogP contribution in [-0.4, -0.2) is 15.4 Å². The summed E-state index contributed by atoms with van der Waals surface area (Å²) in [6.45, 7) is 2.05. The number of benzene rings is 1. The summed E-state index contributed by atoms with van der Waals surface area (Å²) in [7, 11) is 0. The zero-order valence-corrected chi connectivity index (χ0v) is 11.3. The van der Waals surface area contributed by atoms with Crippen molar-refractivity contribution in [2.24, 2.45) is 5.73 Å². The van der Waals surface area contributed by atoms with Crippen molar-refractivity contribution in [1.29, 1.82) is 0 Å². The second kappa shape index (κ2) is 5.58. The maximum atomic E-state index is 12.1. The fourth-order valence-electron chi connectivity index (χ4n) is 1.90. The average molecular weight is 287 g/mol. The van der Waals surface area contributed by atoms with Crippen molar-refractivity contribution in [2.45, 2.75) is 13.5 Å². The van der Waals surface area contributed by atoms with Gasteiger partial charge in [-0.25, -0.2) is 0 Å². The van der Waals surface area contributed by atoms with Crippen LogP contribution in [0.4, 0.5) is 5.69 Å². The molecule has 7 nitrogen and oxygen atoms in total. The van der Waals surface area contributed by atoms with Crippen molar-refractivity contribution in [3.05, 3.63) is 73.7 Å². The Morgan fingerprint density at radius 2 is 1.95 bits per heavy atom. The van der Waals surface area contributed by atoms with Crippen LogP contribution in [0.25, 0.3) is 0 Å². The van der Waals surface area contributed by atoms with Gasteiger partial charge in [0.1, 0.15) is 5.56 Å². The lowest BCUT2D eigenvalue weighted by molar-refractivity contribution is -0.385. The molecule has 0 spiro atoms. The Labute approximate surface area is 119 Å². The standard InChI is InChI=1S/C14H13N3O4/c1-9-2-4-10(5-3-9)7-16-8-11(17(20)21)6-12(13(15)18)14(16)19/h2-6,8H,7H2,1H3,(H2,15,18). The molecule has 0 bridgehead atoms. The molecule has 2 aromatic rings. The lowest BCUT2D eigenvalue weighted by Gasteiger charge is -2.07. The molecule has 0 unspecified atom stereocenters. The smallest absolute Gasteiger partial charge is 0.286 e. The van der Waals surface area contributed by atoms with Crippen LogP contribution in [0.1, 0.15) is 21.5 Å². The first-order chi connectivity index (χ1) is 9.88. The van der Waals surface area contributed by atoms with Crippen LogP contribution in [-0.2, 0) is 6.54 Å². The molecule has 0 atom stereocenters. The van der Waals surface area contributed by atoms with E-state index in [1.54, 1.807) is 0 Å². The van der Waals surface area contributed by atoms with Crippen LogP contribution in [0.15, 0.2) is 41.3 Å². The number of carbonyl (C=O) groups is 1. The number of primary amides is 1. The summed E-state index contributed by atoms with van der Waals surface area (Å²) in [4.78, 5) is 33.5. The fourth-order valence-corrected chi connectivity index (χ4v) is 1.90. The van der Waals surface area contributed by atoms with Crippen molar-refractivity contribution < 1.29 is 9.72 Å². The van der Waals surface area contributed by atoms with Crippen molar-refractivity contribution in [1.82, 2.24) is 4.57 Å². The second-order valence-corrected chi connectivity index (χ2v) is 4.65. The van der Waals surface area contributed by atoms with E-state index in [1.165, 1.54) is 0 Å². The van der Waals surface area contributed by atoms with Crippen molar-refractivity contribution >= 4 is 11.6 Å². The topological polar surface area (TPSA) is 108 Å². The molecular weight excluding hydrogens is 274 g/mol. The third-order valence-electron chi connectivity index (χ3n) is 3.02. The Bertz CT molecular complexity index is 763. The number of pyridine rings is 1. The molecule has 0 aliphatic heterocycles. The van der Waals surface area contributed by atoms with Crippen LogP contribution in [0, 0.1) is 17.0 Å². The highest BCUT2D eigenvalue weighted by Crippen LogP contribution is 2.12. The van der Waals surface area contributed by atoms with Gasteiger partial charge in [0.15, 0.2) is 0 Å². The van der Waals surface area contributed by atoms with Gasteiger partial charge in [-0.15, -0.1) is 0 Å². The molecule has 0 fully saturated rings. The molecule has 108 valence electrons. The Morgan fingerprint density at radius 3 is 2.48 bits per heavy atom. The minimum absolute atomic E-state index is 0.126. The van der Waals surface area contributed by atoms with Crippen LogP contribution in [0.2, 0.25) is 0 Å². The van der Waals surface area contributed by atoms with Gasteiger partial charge in [0.25, 0.3) is 17.2 Å². The largest absolute Gasteiger partial charge is 0.365 e. The highest BCUT2D eigenvalue weighted by molar-refractivity contribution is 5.92. The van der Waals surface area contributed by atoms with Crippen LogP contribution < -0.4 is 11.3 Å². The van der Waals surface area contributed by atoms with Crippen molar-refractivity contribution in [3.63, 3.8) is 0 Å². The number of nitrogens with zero attached hydrogens (tertiary/aromatic N) is 2. The Hall–Kier alpha value is -2.96. The predicted molar refractivity (Wildman–Crippen MR) is 76.2 cm³/mol. The third-order valence-corrected chi connectivity index (χ3v) is 3.02. The predicted octanol–water partition coefficient (Wildman–Crippen LogP) is 1.21. The molecule has 0 saturated heterocycles. The van der Waals surface area contributed by atoms with Crippen molar-refractivity contribution in [2.75, 3.05) is 0 Å². The molecule has 1 heterocycles. The molecule has 1 amide bonds. The number of carbonyl (C=O) groups excluding carboxylic acids is 1. The average Bonchev–Trinajstić information content (AvgIpc) is 2.42. The third kappa shape index (κ3) is 3.14. The summed E-state index contributed by atoms with van der Waals surface area (Å²) >= 11 is 0. The Kier molecular flexibility index (Phi) is 3.84. The second-order valence-electron chi connectivity index (χ2n) is 4.65. The monoisotopic (exact) mass is 287 g/mol. The molecule has 2 rings (SSSR count). The Balaban J connectivity index is 2.51. The molecule has 0 aliphatic carbocycles. The van der Waals surface area contributed by atoms with E-state index in [0.717, 1.165) is 28.0 Å². The van der Waals surface area contributed by atoms with Crippen LogP contribution in [0.5, 0.6) is 0 Å². The van der Waals surface area contributed by atoms with Gasteiger partial charge in [0, 0.05) is 6.07 Å². The van der Waals surface area contributed by atoms with E-state index < -0.39 is 22.0 Å². The van der Waals surface area contributed by atoms with E-state index in [1.807, 2.05) is 31.2 Å².